The molecule has 0 N–H and O–H groups in total. The van der Waals surface area contributed by atoms with Crippen LogP contribution in [-0.4, -0.2) is 35.5 Å². The fourth-order valence-corrected chi connectivity index (χ4v) is 1.05. The van der Waals surface area contributed by atoms with E-state index in [4.69, 9.17) is 4.74 Å². The summed E-state index contributed by atoms with van der Waals surface area (Å²) in [6.45, 7) is 2.18. The van der Waals surface area contributed by atoms with Crippen molar-refractivity contribution in [1.29, 1.82) is 0 Å². The van der Waals surface area contributed by atoms with Gasteiger partial charge in [-0.15, -0.1) is 0 Å². The van der Waals surface area contributed by atoms with E-state index >= 15 is 0 Å². The van der Waals surface area contributed by atoms with Crippen LogP contribution in [0.5, 0.6) is 0 Å². The summed E-state index contributed by atoms with van der Waals surface area (Å²) in [6, 6.07) is 0. The Hall–Kier alpha value is -0.100. The number of halogens is 1. The van der Waals surface area contributed by atoms with Gasteiger partial charge in [0.1, 0.15) is 13.4 Å². The van der Waals surface area contributed by atoms with Crippen molar-refractivity contribution >= 4 is 28.8 Å². The maximum absolute atomic E-state index is 5.32. The van der Waals surface area contributed by atoms with Gasteiger partial charge in [0.2, 0.25) is 0 Å². The average Bonchev–Trinajstić information content (AvgIpc) is 2.07. The van der Waals surface area contributed by atoms with E-state index in [9.17, 15) is 0 Å². The van der Waals surface area contributed by atoms with Gasteiger partial charge in [0.05, 0.1) is 6.61 Å². The highest BCUT2D eigenvalue weighted by Crippen LogP contribution is 1.95. The van der Waals surface area contributed by atoms with E-state index < -0.39 is 0 Å². The quantitative estimate of drug-likeness (QED) is 0.434. The van der Waals surface area contributed by atoms with Crippen LogP contribution in [0.2, 0.25) is 0 Å². The van der Waals surface area contributed by atoms with E-state index in [0.717, 1.165) is 17.7 Å². The first kappa shape index (κ1) is 8.99. The summed E-state index contributed by atoms with van der Waals surface area (Å²) in [4.78, 5) is 6.09. The van der Waals surface area contributed by atoms with Crippen LogP contribution in [0.4, 0.5) is 0 Å². The van der Waals surface area contributed by atoms with Gasteiger partial charge in [-0.2, -0.15) is 0 Å². The number of ether oxygens (including phenoxy) is 1. The van der Waals surface area contributed by atoms with Crippen molar-refractivity contribution in [2.24, 2.45) is 4.99 Å². The Morgan fingerprint density at radius 3 is 3.18 bits per heavy atom. The molecule has 0 saturated carbocycles. The van der Waals surface area contributed by atoms with Gasteiger partial charge < -0.3 is 9.64 Å². The molecule has 0 aromatic carbocycles. The molecule has 0 atom stereocenters. The van der Waals surface area contributed by atoms with E-state index in [0.29, 0.717) is 6.73 Å². The molecule has 4 heteroatoms. The molecule has 0 radical (unpaired) electrons. The minimum atomic E-state index is 0.650. The van der Waals surface area contributed by atoms with Gasteiger partial charge in [0.25, 0.3) is 0 Å². The summed E-state index contributed by atoms with van der Waals surface area (Å²) >= 11 is 2.29. The van der Waals surface area contributed by atoms with Crippen LogP contribution in [-0.2, 0) is 4.74 Å². The first-order valence-electron chi connectivity index (χ1n) is 3.48. The molecule has 0 bridgehead atoms. The molecule has 11 heavy (non-hydrogen) atoms. The number of aliphatic imine (C=N–C) groups is 1. The molecule has 0 unspecified atom stereocenters. The van der Waals surface area contributed by atoms with E-state index in [1.807, 2.05) is 17.2 Å². The lowest BCUT2D eigenvalue weighted by Gasteiger charge is -2.18. The molecule has 1 aliphatic heterocycles. The predicted octanol–water partition coefficient (Wildman–Crippen LogP) is 1.25. The van der Waals surface area contributed by atoms with E-state index in [2.05, 4.69) is 27.6 Å². The van der Waals surface area contributed by atoms with Crippen LogP contribution in [0.25, 0.3) is 0 Å². The van der Waals surface area contributed by atoms with Crippen molar-refractivity contribution < 1.29 is 4.74 Å². The van der Waals surface area contributed by atoms with Gasteiger partial charge >= 0.3 is 0 Å². The minimum Gasteiger partial charge on any atom is -0.360 e. The lowest BCUT2D eigenvalue weighted by molar-refractivity contribution is 0.0663. The second-order valence-electron chi connectivity index (χ2n) is 2.13. The number of hydrogen-bond acceptors (Lipinski definition) is 3. The van der Waals surface area contributed by atoms with Gasteiger partial charge in [0, 0.05) is 16.8 Å². The Morgan fingerprint density at radius 1 is 1.64 bits per heavy atom. The highest BCUT2D eigenvalue weighted by atomic mass is 127. The Balaban J connectivity index is 2.07. The van der Waals surface area contributed by atoms with Gasteiger partial charge in [-0.05, 0) is 6.08 Å². The normalized spacial score (nSPS) is 15.9. The number of rotatable bonds is 4. The molecule has 3 nitrogen and oxygen atoms in total. The van der Waals surface area contributed by atoms with E-state index in [-0.39, 0.29) is 0 Å². The molecule has 1 heterocycles. The molecule has 1 aliphatic rings. The minimum absolute atomic E-state index is 0.650. The molecule has 0 spiro atoms. The van der Waals surface area contributed by atoms with Crippen molar-refractivity contribution in [2.45, 2.75) is 0 Å². The molecule has 62 valence electrons. The monoisotopic (exact) mass is 266 g/mol. The zero-order valence-electron chi connectivity index (χ0n) is 6.24. The van der Waals surface area contributed by atoms with Crippen LogP contribution in [0.1, 0.15) is 0 Å². The van der Waals surface area contributed by atoms with Gasteiger partial charge in [-0.1, -0.05) is 22.6 Å². The van der Waals surface area contributed by atoms with Crippen molar-refractivity contribution in [2.75, 3.05) is 24.4 Å². The third-order valence-corrected chi connectivity index (χ3v) is 1.67. The maximum atomic E-state index is 5.32. The van der Waals surface area contributed by atoms with Crippen molar-refractivity contribution in [1.82, 2.24) is 4.90 Å². The third-order valence-electron chi connectivity index (χ3n) is 1.23. The molecular weight excluding hydrogens is 255 g/mol. The van der Waals surface area contributed by atoms with Crippen molar-refractivity contribution in [3.63, 3.8) is 0 Å². The maximum Gasteiger partial charge on any atom is 0.120 e. The van der Waals surface area contributed by atoms with E-state index in [1.165, 1.54) is 0 Å². The Bertz CT molecular complexity index is 159. The highest BCUT2D eigenvalue weighted by Gasteiger charge is 1.98. The number of hydrogen-bond donors (Lipinski definition) is 0. The summed E-state index contributed by atoms with van der Waals surface area (Å²) in [5.74, 6) is 0. The van der Waals surface area contributed by atoms with Crippen molar-refractivity contribution in [3.05, 3.63) is 12.3 Å². The molecule has 0 aromatic heterocycles. The number of nitrogens with zero attached hydrogens (tertiary/aromatic N) is 2. The van der Waals surface area contributed by atoms with Crippen LogP contribution in [0.3, 0.4) is 0 Å². The zero-order chi connectivity index (χ0) is 7.94. The summed E-state index contributed by atoms with van der Waals surface area (Å²) in [6.07, 6.45) is 5.70. The zero-order valence-corrected chi connectivity index (χ0v) is 8.40. The Morgan fingerprint density at radius 2 is 2.55 bits per heavy atom. The second kappa shape index (κ2) is 5.54. The third kappa shape index (κ3) is 3.71. The Kier molecular flexibility index (Phi) is 4.53. The fourth-order valence-electron chi connectivity index (χ4n) is 0.740. The van der Waals surface area contributed by atoms with Crippen LogP contribution in [0, 0.1) is 0 Å². The number of allylic oxidation sites excluding steroid dienone is 1. The van der Waals surface area contributed by atoms with Crippen LogP contribution >= 0.6 is 22.6 Å². The van der Waals surface area contributed by atoms with Crippen LogP contribution < -0.4 is 0 Å². The van der Waals surface area contributed by atoms with E-state index in [1.54, 1.807) is 6.21 Å². The van der Waals surface area contributed by atoms with Gasteiger partial charge in [-0.3, -0.25) is 4.99 Å². The second-order valence-corrected chi connectivity index (χ2v) is 3.21. The molecule has 0 fully saturated rings. The average molecular weight is 266 g/mol. The first-order valence-corrected chi connectivity index (χ1v) is 5.00. The standard InChI is InChI=1S/C7H11IN2O/c8-2-5-11-7-10-4-1-3-9-6-10/h1,3-4H,2,5-7H2. The number of alkyl halides is 1. The summed E-state index contributed by atoms with van der Waals surface area (Å²) in [5.41, 5.74) is 0. The predicted molar refractivity (Wildman–Crippen MR) is 54.0 cm³/mol. The fraction of sp³-hybridized carbons (Fsp3) is 0.571. The molecule has 0 saturated heterocycles. The molecule has 1 rings (SSSR count). The molecule has 0 amide bonds. The first-order chi connectivity index (χ1) is 5.43. The lowest BCUT2D eigenvalue weighted by atomic mass is 10.5. The van der Waals surface area contributed by atoms with Crippen LogP contribution in [0.15, 0.2) is 17.3 Å². The summed E-state index contributed by atoms with van der Waals surface area (Å²) in [7, 11) is 0. The Labute approximate surface area is 80.3 Å². The molecule has 0 aliphatic carbocycles. The van der Waals surface area contributed by atoms with Crippen molar-refractivity contribution in [3.8, 4) is 0 Å². The summed E-state index contributed by atoms with van der Waals surface area (Å²) < 4.78 is 6.36. The smallest absolute Gasteiger partial charge is 0.120 e. The molecule has 0 aromatic rings. The SMILES string of the molecule is ICCOCN1C=CC=NC1. The largest absolute Gasteiger partial charge is 0.360 e. The summed E-state index contributed by atoms with van der Waals surface area (Å²) in [5, 5.41) is 0. The molecular formula is C7H11IN2O. The van der Waals surface area contributed by atoms with Gasteiger partial charge in [-0.25, -0.2) is 0 Å². The topological polar surface area (TPSA) is 24.8 Å². The highest BCUT2D eigenvalue weighted by molar-refractivity contribution is 14.1. The van der Waals surface area contributed by atoms with Gasteiger partial charge in [0.15, 0.2) is 0 Å². The lowest BCUT2D eigenvalue weighted by Crippen LogP contribution is -2.23.